The SMILES string of the molecule is CC(Sc1ccc2c(c1)OCCO2)C(=O)Nc1ccc(Cl)cc1Cl. The number of rotatable bonds is 4. The molecule has 0 saturated heterocycles. The number of hydrogen-bond donors (Lipinski definition) is 1. The van der Waals surface area contributed by atoms with Crippen LogP contribution >= 0.6 is 35.0 Å². The Morgan fingerprint density at radius 1 is 1.12 bits per heavy atom. The van der Waals surface area contributed by atoms with Gasteiger partial charge in [-0.3, -0.25) is 4.79 Å². The number of thioether (sulfide) groups is 1. The summed E-state index contributed by atoms with van der Waals surface area (Å²) >= 11 is 13.4. The van der Waals surface area contributed by atoms with E-state index in [2.05, 4.69) is 5.32 Å². The lowest BCUT2D eigenvalue weighted by atomic mass is 10.3. The number of benzene rings is 2. The van der Waals surface area contributed by atoms with Crippen molar-refractivity contribution in [2.75, 3.05) is 18.5 Å². The second-order valence-corrected chi connectivity index (χ2v) is 7.44. The van der Waals surface area contributed by atoms with E-state index in [1.54, 1.807) is 18.2 Å². The molecule has 126 valence electrons. The Hall–Kier alpha value is -1.56. The fraction of sp³-hybridized carbons (Fsp3) is 0.235. The molecule has 24 heavy (non-hydrogen) atoms. The van der Waals surface area contributed by atoms with E-state index in [9.17, 15) is 4.79 Å². The van der Waals surface area contributed by atoms with Crippen molar-refractivity contribution < 1.29 is 14.3 Å². The average molecular weight is 384 g/mol. The molecule has 1 N–H and O–H groups in total. The van der Waals surface area contributed by atoms with Gasteiger partial charge in [-0.05, 0) is 43.3 Å². The summed E-state index contributed by atoms with van der Waals surface area (Å²) in [5.74, 6) is 1.30. The number of halogens is 2. The third kappa shape index (κ3) is 4.09. The summed E-state index contributed by atoms with van der Waals surface area (Å²) in [4.78, 5) is 13.3. The molecule has 0 bridgehead atoms. The van der Waals surface area contributed by atoms with E-state index < -0.39 is 0 Å². The number of amides is 1. The van der Waals surface area contributed by atoms with Crippen LogP contribution in [0.1, 0.15) is 6.92 Å². The van der Waals surface area contributed by atoms with Crippen LogP contribution in [0.3, 0.4) is 0 Å². The first-order chi connectivity index (χ1) is 11.5. The van der Waals surface area contributed by atoms with Crippen LogP contribution in [-0.4, -0.2) is 24.4 Å². The molecule has 0 radical (unpaired) electrons. The third-order valence-electron chi connectivity index (χ3n) is 3.38. The average Bonchev–Trinajstić information content (AvgIpc) is 2.57. The van der Waals surface area contributed by atoms with Gasteiger partial charge in [-0.2, -0.15) is 0 Å². The first-order valence-electron chi connectivity index (χ1n) is 7.35. The zero-order valence-corrected chi connectivity index (χ0v) is 15.2. The van der Waals surface area contributed by atoms with E-state index in [4.69, 9.17) is 32.7 Å². The van der Waals surface area contributed by atoms with Crippen molar-refractivity contribution in [1.29, 1.82) is 0 Å². The second kappa shape index (κ2) is 7.55. The number of fused-ring (bicyclic) bond motifs is 1. The molecule has 7 heteroatoms. The zero-order valence-electron chi connectivity index (χ0n) is 12.8. The Balaban J connectivity index is 1.65. The van der Waals surface area contributed by atoms with E-state index in [1.165, 1.54) is 11.8 Å². The summed E-state index contributed by atoms with van der Waals surface area (Å²) in [6.07, 6.45) is 0. The molecule has 0 aromatic heterocycles. The predicted octanol–water partition coefficient (Wildman–Crippen LogP) is 4.88. The molecule has 3 rings (SSSR count). The van der Waals surface area contributed by atoms with E-state index in [-0.39, 0.29) is 11.2 Å². The van der Waals surface area contributed by atoms with Gasteiger partial charge in [0, 0.05) is 9.92 Å². The standard InChI is InChI=1S/C17H15Cl2NO3S/c1-10(17(21)20-14-4-2-11(18)8-13(14)19)24-12-3-5-15-16(9-12)23-7-6-22-15/h2-5,8-10H,6-7H2,1H3,(H,20,21). The largest absolute Gasteiger partial charge is 0.486 e. The highest BCUT2D eigenvalue weighted by Crippen LogP contribution is 2.36. The number of ether oxygens (including phenoxy) is 2. The normalized spacial score (nSPS) is 14.1. The van der Waals surface area contributed by atoms with Gasteiger partial charge in [-0.1, -0.05) is 23.2 Å². The van der Waals surface area contributed by atoms with Crippen molar-refractivity contribution in [2.24, 2.45) is 0 Å². The van der Waals surface area contributed by atoms with Crippen molar-refractivity contribution in [3.63, 3.8) is 0 Å². The molecule has 0 aliphatic carbocycles. The highest BCUT2D eigenvalue weighted by atomic mass is 35.5. The quantitative estimate of drug-likeness (QED) is 0.763. The molecular formula is C17H15Cl2NO3S. The van der Waals surface area contributed by atoms with Crippen LogP contribution < -0.4 is 14.8 Å². The van der Waals surface area contributed by atoms with Crippen LogP contribution in [0.15, 0.2) is 41.3 Å². The molecule has 1 atom stereocenters. The highest BCUT2D eigenvalue weighted by Gasteiger charge is 2.18. The summed E-state index contributed by atoms with van der Waals surface area (Å²) in [7, 11) is 0. The van der Waals surface area contributed by atoms with Crippen LogP contribution in [-0.2, 0) is 4.79 Å². The lowest BCUT2D eigenvalue weighted by molar-refractivity contribution is -0.115. The number of hydrogen-bond acceptors (Lipinski definition) is 4. The minimum absolute atomic E-state index is 0.140. The third-order valence-corrected chi connectivity index (χ3v) is 5.03. The number of anilines is 1. The molecule has 2 aromatic carbocycles. The van der Waals surface area contributed by atoms with Gasteiger partial charge in [0.05, 0.1) is 16.0 Å². The van der Waals surface area contributed by atoms with Crippen LogP contribution in [0.2, 0.25) is 10.0 Å². The lowest BCUT2D eigenvalue weighted by Gasteiger charge is -2.19. The van der Waals surface area contributed by atoms with Crippen molar-refractivity contribution in [1.82, 2.24) is 0 Å². The van der Waals surface area contributed by atoms with Gasteiger partial charge >= 0.3 is 0 Å². The number of carbonyl (C=O) groups excluding carboxylic acids is 1. The monoisotopic (exact) mass is 383 g/mol. The maximum atomic E-state index is 12.4. The van der Waals surface area contributed by atoms with Gasteiger partial charge in [0.2, 0.25) is 5.91 Å². The van der Waals surface area contributed by atoms with Crippen LogP contribution in [0, 0.1) is 0 Å². The smallest absolute Gasteiger partial charge is 0.237 e. The first kappa shape index (κ1) is 17.3. The summed E-state index contributed by atoms with van der Waals surface area (Å²) < 4.78 is 11.1. The van der Waals surface area contributed by atoms with Gasteiger partial charge in [0.15, 0.2) is 11.5 Å². The molecule has 0 saturated carbocycles. The highest BCUT2D eigenvalue weighted by molar-refractivity contribution is 8.00. The van der Waals surface area contributed by atoms with Crippen molar-refractivity contribution in [2.45, 2.75) is 17.1 Å². The summed E-state index contributed by atoms with van der Waals surface area (Å²) in [5.41, 5.74) is 0.542. The van der Waals surface area contributed by atoms with Crippen LogP contribution in [0.25, 0.3) is 0 Å². The summed E-state index contributed by atoms with van der Waals surface area (Å²) in [5, 5.41) is 3.44. The number of carbonyl (C=O) groups is 1. The lowest BCUT2D eigenvalue weighted by Crippen LogP contribution is -2.22. The Morgan fingerprint density at radius 2 is 1.88 bits per heavy atom. The number of nitrogens with one attached hydrogen (secondary N) is 1. The molecule has 2 aromatic rings. The maximum absolute atomic E-state index is 12.4. The topological polar surface area (TPSA) is 47.6 Å². The molecule has 1 aliphatic rings. The Bertz CT molecular complexity index is 769. The molecular weight excluding hydrogens is 369 g/mol. The Morgan fingerprint density at radius 3 is 2.62 bits per heavy atom. The van der Waals surface area contributed by atoms with E-state index in [0.717, 1.165) is 10.6 Å². The molecule has 1 amide bonds. The Labute approximate surface area is 154 Å². The second-order valence-electron chi connectivity index (χ2n) is 5.18. The summed E-state index contributed by atoms with van der Waals surface area (Å²) in [6.45, 7) is 2.92. The van der Waals surface area contributed by atoms with E-state index in [1.807, 2.05) is 25.1 Å². The molecule has 0 spiro atoms. The van der Waals surface area contributed by atoms with E-state index >= 15 is 0 Å². The fourth-order valence-corrected chi connectivity index (χ4v) is 3.53. The molecule has 0 fully saturated rings. The summed E-state index contributed by atoms with van der Waals surface area (Å²) in [6, 6.07) is 10.6. The van der Waals surface area contributed by atoms with Gasteiger partial charge < -0.3 is 14.8 Å². The Kier molecular flexibility index (Phi) is 5.43. The van der Waals surface area contributed by atoms with Gasteiger partial charge in [-0.25, -0.2) is 0 Å². The first-order valence-corrected chi connectivity index (χ1v) is 8.99. The molecule has 1 unspecified atom stereocenters. The van der Waals surface area contributed by atoms with Crippen LogP contribution in [0.4, 0.5) is 5.69 Å². The van der Waals surface area contributed by atoms with E-state index in [0.29, 0.717) is 34.7 Å². The van der Waals surface area contributed by atoms with Gasteiger partial charge in [0.1, 0.15) is 13.2 Å². The fourth-order valence-electron chi connectivity index (χ4n) is 2.18. The maximum Gasteiger partial charge on any atom is 0.237 e. The molecule has 4 nitrogen and oxygen atoms in total. The molecule has 1 aliphatic heterocycles. The van der Waals surface area contributed by atoms with Crippen molar-refractivity contribution >= 4 is 46.6 Å². The zero-order chi connectivity index (χ0) is 17.1. The minimum Gasteiger partial charge on any atom is -0.486 e. The van der Waals surface area contributed by atoms with Crippen molar-refractivity contribution in [3.8, 4) is 11.5 Å². The molecule has 1 heterocycles. The van der Waals surface area contributed by atoms with Crippen LogP contribution in [0.5, 0.6) is 11.5 Å². The van der Waals surface area contributed by atoms with Crippen molar-refractivity contribution in [3.05, 3.63) is 46.4 Å². The van der Waals surface area contributed by atoms with Gasteiger partial charge in [-0.15, -0.1) is 11.8 Å². The minimum atomic E-state index is -0.306. The van der Waals surface area contributed by atoms with Gasteiger partial charge in [0.25, 0.3) is 0 Å². The predicted molar refractivity (Wildman–Crippen MR) is 97.8 cm³/mol.